The van der Waals surface area contributed by atoms with Crippen molar-refractivity contribution in [2.24, 2.45) is 0 Å². The maximum Gasteiger partial charge on any atom is 0.305 e. The highest BCUT2D eigenvalue weighted by Crippen LogP contribution is 2.08. The van der Waals surface area contributed by atoms with Crippen LogP contribution in [0.3, 0.4) is 0 Å². The van der Waals surface area contributed by atoms with Gasteiger partial charge in [-0.2, -0.15) is 0 Å². The normalized spacial score (nSPS) is 11.6. The number of allylic oxidation sites excluding steroid dienone is 4. The van der Waals surface area contributed by atoms with Crippen molar-refractivity contribution in [3.05, 3.63) is 24.3 Å². The molecule has 0 aliphatic heterocycles. The van der Waals surface area contributed by atoms with Crippen LogP contribution in [0.1, 0.15) is 96.8 Å². The number of methoxy groups -OCH3 is 1. The molecule has 0 saturated carbocycles. The van der Waals surface area contributed by atoms with Gasteiger partial charge in [0.15, 0.2) is 0 Å². The Balaban J connectivity index is 3.21. The first-order valence-electron chi connectivity index (χ1n) is 9.68. The zero-order valence-electron chi connectivity index (χ0n) is 15.5. The summed E-state index contributed by atoms with van der Waals surface area (Å²) in [6.45, 7) is 2.27. The second-order valence-electron chi connectivity index (χ2n) is 6.26. The Morgan fingerprint density at radius 3 is 1.83 bits per heavy atom. The zero-order chi connectivity index (χ0) is 17.0. The van der Waals surface area contributed by atoms with E-state index < -0.39 is 0 Å². The third-order valence-electron chi connectivity index (χ3n) is 4.06. The molecule has 0 N–H and O–H groups in total. The summed E-state index contributed by atoms with van der Waals surface area (Å²) in [5, 5.41) is 0. The Kier molecular flexibility index (Phi) is 18.1. The Morgan fingerprint density at radius 1 is 0.739 bits per heavy atom. The summed E-state index contributed by atoms with van der Waals surface area (Å²) in [5.41, 5.74) is 0. The number of ether oxygens (including phenoxy) is 1. The van der Waals surface area contributed by atoms with E-state index in [0.29, 0.717) is 6.42 Å². The van der Waals surface area contributed by atoms with Crippen molar-refractivity contribution < 1.29 is 9.53 Å². The van der Waals surface area contributed by atoms with E-state index >= 15 is 0 Å². The topological polar surface area (TPSA) is 26.3 Å². The summed E-state index contributed by atoms with van der Waals surface area (Å²) >= 11 is 0. The van der Waals surface area contributed by atoms with Gasteiger partial charge < -0.3 is 4.74 Å². The van der Waals surface area contributed by atoms with Gasteiger partial charge in [0.25, 0.3) is 0 Å². The van der Waals surface area contributed by atoms with Crippen molar-refractivity contribution in [3.8, 4) is 0 Å². The van der Waals surface area contributed by atoms with E-state index in [2.05, 4.69) is 36.0 Å². The highest BCUT2D eigenvalue weighted by Gasteiger charge is 1.98. The molecule has 2 nitrogen and oxygen atoms in total. The van der Waals surface area contributed by atoms with Crippen LogP contribution in [0.5, 0.6) is 0 Å². The van der Waals surface area contributed by atoms with Gasteiger partial charge in [0.05, 0.1) is 7.11 Å². The molecule has 0 aromatic carbocycles. The van der Waals surface area contributed by atoms with Gasteiger partial charge in [-0.1, -0.05) is 76.2 Å². The van der Waals surface area contributed by atoms with Gasteiger partial charge >= 0.3 is 5.97 Å². The molecule has 0 radical (unpaired) electrons. The molecule has 0 aromatic rings. The summed E-state index contributed by atoms with van der Waals surface area (Å²) in [7, 11) is 1.45. The maximum absolute atomic E-state index is 10.9. The Bertz CT molecular complexity index is 305. The van der Waals surface area contributed by atoms with Crippen LogP contribution in [-0.4, -0.2) is 13.1 Å². The van der Waals surface area contributed by atoms with E-state index in [1.165, 1.54) is 64.9 Å². The second-order valence-corrected chi connectivity index (χ2v) is 6.26. The molecule has 2 heteroatoms. The molecule has 0 aromatic heterocycles. The van der Waals surface area contributed by atoms with Gasteiger partial charge in [-0.05, 0) is 38.5 Å². The third kappa shape index (κ3) is 18.9. The summed E-state index contributed by atoms with van der Waals surface area (Å²) in [4.78, 5) is 10.9. The minimum Gasteiger partial charge on any atom is -0.469 e. The quantitative estimate of drug-likeness (QED) is 0.178. The lowest BCUT2D eigenvalue weighted by Crippen LogP contribution is -1.98. The first-order chi connectivity index (χ1) is 11.3. The first kappa shape index (κ1) is 21.9. The van der Waals surface area contributed by atoms with Gasteiger partial charge in [0.2, 0.25) is 0 Å². The molecule has 0 aliphatic carbocycles. The Hall–Kier alpha value is -1.05. The smallest absolute Gasteiger partial charge is 0.305 e. The van der Waals surface area contributed by atoms with Crippen molar-refractivity contribution in [2.75, 3.05) is 7.11 Å². The maximum atomic E-state index is 10.9. The Morgan fingerprint density at radius 2 is 1.26 bits per heavy atom. The number of esters is 1. The van der Waals surface area contributed by atoms with Crippen LogP contribution in [0.2, 0.25) is 0 Å². The van der Waals surface area contributed by atoms with Crippen LogP contribution in [0.15, 0.2) is 24.3 Å². The van der Waals surface area contributed by atoms with E-state index in [-0.39, 0.29) is 5.97 Å². The van der Waals surface area contributed by atoms with Gasteiger partial charge in [-0.15, -0.1) is 0 Å². The molecule has 0 bridgehead atoms. The minimum atomic E-state index is -0.0855. The molecule has 0 aliphatic rings. The molecule has 0 spiro atoms. The highest BCUT2D eigenvalue weighted by atomic mass is 16.5. The summed E-state index contributed by atoms with van der Waals surface area (Å²) in [6, 6.07) is 0. The standard InChI is InChI=1S/C21H38O2/c1-3-4-5-6-7-8-9-10-11-12-13-14-15-16-17-18-19-20-21(22)23-2/h10-11,13-14H,3-9,12,15-20H2,1-2H3. The number of carbonyl (C=O) groups excluding carboxylic acids is 1. The largest absolute Gasteiger partial charge is 0.469 e. The molecule has 0 heterocycles. The second kappa shape index (κ2) is 19.0. The highest BCUT2D eigenvalue weighted by molar-refractivity contribution is 5.68. The van der Waals surface area contributed by atoms with E-state index in [0.717, 1.165) is 25.7 Å². The van der Waals surface area contributed by atoms with E-state index in [1.807, 2.05) is 0 Å². The molecule has 23 heavy (non-hydrogen) atoms. The monoisotopic (exact) mass is 322 g/mol. The van der Waals surface area contributed by atoms with Crippen LogP contribution >= 0.6 is 0 Å². The van der Waals surface area contributed by atoms with E-state index in [1.54, 1.807) is 0 Å². The number of carbonyl (C=O) groups is 1. The lowest BCUT2D eigenvalue weighted by molar-refractivity contribution is -0.140. The summed E-state index contributed by atoms with van der Waals surface area (Å²) in [5.74, 6) is -0.0855. The van der Waals surface area contributed by atoms with Gasteiger partial charge in [0, 0.05) is 6.42 Å². The van der Waals surface area contributed by atoms with Gasteiger partial charge in [-0.25, -0.2) is 0 Å². The zero-order valence-corrected chi connectivity index (χ0v) is 15.5. The van der Waals surface area contributed by atoms with Crippen LogP contribution in [0.25, 0.3) is 0 Å². The molecule has 0 amide bonds. The van der Waals surface area contributed by atoms with E-state index in [9.17, 15) is 4.79 Å². The number of unbranched alkanes of at least 4 members (excludes halogenated alkanes) is 10. The molecule has 134 valence electrons. The lowest BCUT2D eigenvalue weighted by atomic mass is 10.1. The molecule has 0 saturated heterocycles. The van der Waals surface area contributed by atoms with Crippen molar-refractivity contribution in [1.29, 1.82) is 0 Å². The van der Waals surface area contributed by atoms with Crippen LogP contribution in [0, 0.1) is 0 Å². The predicted octanol–water partition coefficient (Wildman–Crippen LogP) is 6.75. The molecule has 0 fully saturated rings. The summed E-state index contributed by atoms with van der Waals surface area (Å²) in [6.07, 6.45) is 26.0. The number of hydrogen-bond acceptors (Lipinski definition) is 2. The Labute approximate surface area is 144 Å². The number of hydrogen-bond donors (Lipinski definition) is 0. The van der Waals surface area contributed by atoms with Crippen molar-refractivity contribution >= 4 is 5.97 Å². The van der Waals surface area contributed by atoms with Gasteiger partial charge in [-0.3, -0.25) is 4.79 Å². The van der Waals surface area contributed by atoms with E-state index in [4.69, 9.17) is 0 Å². The molecular weight excluding hydrogens is 284 g/mol. The van der Waals surface area contributed by atoms with Crippen molar-refractivity contribution in [1.82, 2.24) is 0 Å². The SMILES string of the molecule is CCCCCCCCC=CCC=CCCCCCCC(=O)OC. The fourth-order valence-corrected chi connectivity index (χ4v) is 2.54. The van der Waals surface area contributed by atoms with Gasteiger partial charge in [0.1, 0.15) is 0 Å². The summed E-state index contributed by atoms with van der Waals surface area (Å²) < 4.78 is 4.62. The van der Waals surface area contributed by atoms with Crippen LogP contribution in [-0.2, 0) is 9.53 Å². The van der Waals surface area contributed by atoms with Crippen LogP contribution in [0.4, 0.5) is 0 Å². The van der Waals surface area contributed by atoms with Crippen LogP contribution < -0.4 is 0 Å². The number of rotatable bonds is 16. The first-order valence-corrected chi connectivity index (χ1v) is 9.68. The fraction of sp³-hybridized carbons (Fsp3) is 0.762. The predicted molar refractivity (Wildman–Crippen MR) is 101 cm³/mol. The fourth-order valence-electron chi connectivity index (χ4n) is 2.54. The molecule has 0 atom stereocenters. The molecule has 0 unspecified atom stereocenters. The average molecular weight is 323 g/mol. The lowest BCUT2D eigenvalue weighted by Gasteiger charge is -1.99. The minimum absolute atomic E-state index is 0.0855. The average Bonchev–Trinajstić information content (AvgIpc) is 2.57. The molecular formula is C21H38O2. The van der Waals surface area contributed by atoms with Crippen molar-refractivity contribution in [2.45, 2.75) is 96.8 Å². The third-order valence-corrected chi connectivity index (χ3v) is 4.06. The van der Waals surface area contributed by atoms with Crippen molar-refractivity contribution in [3.63, 3.8) is 0 Å². The molecule has 0 rings (SSSR count).